The van der Waals surface area contributed by atoms with Gasteiger partial charge in [-0.05, 0) is 25.1 Å². The van der Waals surface area contributed by atoms with Gasteiger partial charge in [0.15, 0.2) is 0 Å². The molecule has 0 aliphatic rings. The first-order valence-corrected chi connectivity index (χ1v) is 6.98. The third kappa shape index (κ3) is 3.52. The van der Waals surface area contributed by atoms with Crippen LogP contribution in [-0.4, -0.2) is 28.6 Å². The van der Waals surface area contributed by atoms with Gasteiger partial charge in [-0.1, -0.05) is 29.0 Å². The maximum absolute atomic E-state index is 11.9. The van der Waals surface area contributed by atoms with E-state index in [0.717, 1.165) is 11.3 Å². The normalized spacial score (nSPS) is 10.1. The first kappa shape index (κ1) is 14.4. The van der Waals surface area contributed by atoms with Gasteiger partial charge in [-0.2, -0.15) is 0 Å². The van der Waals surface area contributed by atoms with Crippen LogP contribution in [0.1, 0.15) is 26.5 Å². The summed E-state index contributed by atoms with van der Waals surface area (Å²) in [6.07, 6.45) is 0. The SMILES string of the molecule is CCNC(=O)c1nnc(C(=O)Nc2cccc(Cl)c2)s1. The van der Waals surface area contributed by atoms with E-state index in [-0.39, 0.29) is 15.9 Å². The summed E-state index contributed by atoms with van der Waals surface area (Å²) in [4.78, 5) is 23.5. The summed E-state index contributed by atoms with van der Waals surface area (Å²) in [6.45, 7) is 2.29. The Kier molecular flexibility index (Phi) is 4.65. The lowest BCUT2D eigenvalue weighted by molar-refractivity contribution is 0.0953. The lowest BCUT2D eigenvalue weighted by Gasteiger charge is -2.02. The summed E-state index contributed by atoms with van der Waals surface area (Å²) in [5.41, 5.74) is 0.553. The van der Waals surface area contributed by atoms with Crippen molar-refractivity contribution in [3.05, 3.63) is 39.3 Å². The Hall–Kier alpha value is -1.99. The predicted octanol–water partition coefficient (Wildman–Crippen LogP) is 2.19. The van der Waals surface area contributed by atoms with Crippen molar-refractivity contribution in [2.24, 2.45) is 0 Å². The van der Waals surface area contributed by atoms with Crippen molar-refractivity contribution in [1.29, 1.82) is 0 Å². The van der Waals surface area contributed by atoms with Crippen LogP contribution >= 0.6 is 22.9 Å². The molecule has 0 bridgehead atoms. The van der Waals surface area contributed by atoms with Crippen LogP contribution in [0.5, 0.6) is 0 Å². The van der Waals surface area contributed by atoms with Crippen LogP contribution < -0.4 is 10.6 Å². The molecule has 104 valence electrons. The number of hydrogen-bond acceptors (Lipinski definition) is 5. The lowest BCUT2D eigenvalue weighted by Crippen LogP contribution is -2.22. The zero-order valence-electron chi connectivity index (χ0n) is 10.5. The Bertz CT molecular complexity index is 644. The highest BCUT2D eigenvalue weighted by Gasteiger charge is 2.17. The monoisotopic (exact) mass is 310 g/mol. The number of hydrogen-bond donors (Lipinski definition) is 2. The second-order valence-electron chi connectivity index (χ2n) is 3.74. The summed E-state index contributed by atoms with van der Waals surface area (Å²) >= 11 is 6.76. The zero-order valence-corrected chi connectivity index (χ0v) is 12.1. The van der Waals surface area contributed by atoms with Crippen LogP contribution in [0.2, 0.25) is 5.02 Å². The van der Waals surface area contributed by atoms with Crippen LogP contribution in [0.15, 0.2) is 24.3 Å². The van der Waals surface area contributed by atoms with Crippen LogP contribution in [0.4, 0.5) is 5.69 Å². The number of nitrogens with one attached hydrogen (secondary N) is 2. The minimum absolute atomic E-state index is 0.117. The van der Waals surface area contributed by atoms with Crippen LogP contribution in [-0.2, 0) is 0 Å². The summed E-state index contributed by atoms with van der Waals surface area (Å²) in [6, 6.07) is 6.74. The van der Waals surface area contributed by atoms with E-state index in [2.05, 4.69) is 20.8 Å². The van der Waals surface area contributed by atoms with Gasteiger partial charge in [0.2, 0.25) is 10.0 Å². The second kappa shape index (κ2) is 6.44. The molecular formula is C12H11ClN4O2S. The molecule has 0 saturated heterocycles. The quantitative estimate of drug-likeness (QED) is 0.906. The average molecular weight is 311 g/mol. The van der Waals surface area contributed by atoms with E-state index in [4.69, 9.17) is 11.6 Å². The van der Waals surface area contributed by atoms with Crippen LogP contribution in [0, 0.1) is 0 Å². The molecule has 20 heavy (non-hydrogen) atoms. The molecule has 0 unspecified atom stereocenters. The summed E-state index contributed by atoms with van der Waals surface area (Å²) in [5.74, 6) is -0.771. The Labute approximate surface area is 124 Å². The van der Waals surface area contributed by atoms with Crippen LogP contribution in [0.25, 0.3) is 0 Å². The van der Waals surface area contributed by atoms with E-state index in [1.807, 2.05) is 0 Å². The summed E-state index contributed by atoms with van der Waals surface area (Å²) in [5, 5.41) is 13.4. The van der Waals surface area contributed by atoms with E-state index < -0.39 is 5.91 Å². The number of nitrogens with zero attached hydrogens (tertiary/aromatic N) is 2. The van der Waals surface area contributed by atoms with Gasteiger partial charge in [-0.25, -0.2) is 0 Å². The Morgan fingerprint density at radius 3 is 2.60 bits per heavy atom. The number of anilines is 1. The maximum atomic E-state index is 11.9. The molecule has 0 saturated carbocycles. The van der Waals surface area contributed by atoms with Crippen molar-refractivity contribution in [2.45, 2.75) is 6.92 Å². The molecule has 2 N–H and O–H groups in total. The van der Waals surface area contributed by atoms with Gasteiger partial charge < -0.3 is 10.6 Å². The van der Waals surface area contributed by atoms with Crippen molar-refractivity contribution in [3.63, 3.8) is 0 Å². The minimum Gasteiger partial charge on any atom is -0.350 e. The van der Waals surface area contributed by atoms with Gasteiger partial charge >= 0.3 is 0 Å². The Morgan fingerprint density at radius 2 is 1.95 bits per heavy atom. The van der Waals surface area contributed by atoms with Gasteiger partial charge in [0.1, 0.15) is 0 Å². The molecule has 0 aliphatic carbocycles. The molecule has 0 atom stereocenters. The van der Waals surface area contributed by atoms with E-state index in [0.29, 0.717) is 17.3 Å². The number of carbonyl (C=O) groups is 2. The Morgan fingerprint density at radius 1 is 1.25 bits per heavy atom. The molecule has 2 aromatic rings. The molecule has 6 nitrogen and oxygen atoms in total. The fourth-order valence-electron chi connectivity index (χ4n) is 1.39. The van der Waals surface area contributed by atoms with E-state index >= 15 is 0 Å². The van der Waals surface area contributed by atoms with Crippen LogP contribution in [0.3, 0.4) is 0 Å². The molecular weight excluding hydrogens is 300 g/mol. The molecule has 8 heteroatoms. The molecule has 0 spiro atoms. The molecule has 0 fully saturated rings. The fourth-order valence-corrected chi connectivity index (χ4v) is 2.24. The molecule has 1 heterocycles. The van der Waals surface area contributed by atoms with Crippen molar-refractivity contribution < 1.29 is 9.59 Å². The number of amides is 2. The van der Waals surface area contributed by atoms with Gasteiger partial charge in [0, 0.05) is 17.3 Å². The number of aromatic nitrogens is 2. The topological polar surface area (TPSA) is 84.0 Å². The van der Waals surface area contributed by atoms with Crippen molar-refractivity contribution in [3.8, 4) is 0 Å². The van der Waals surface area contributed by atoms with Gasteiger partial charge in [-0.15, -0.1) is 10.2 Å². The zero-order chi connectivity index (χ0) is 14.5. The van der Waals surface area contributed by atoms with E-state index in [1.54, 1.807) is 31.2 Å². The molecule has 1 aromatic carbocycles. The molecule has 2 rings (SSSR count). The highest BCUT2D eigenvalue weighted by atomic mass is 35.5. The number of halogens is 1. The third-order valence-corrected chi connectivity index (χ3v) is 3.39. The van der Waals surface area contributed by atoms with Crippen molar-refractivity contribution >= 4 is 40.4 Å². The standard InChI is InChI=1S/C12H11ClN4O2S/c1-2-14-9(18)11-16-17-12(20-11)10(19)15-8-5-3-4-7(13)6-8/h3-6H,2H2,1H3,(H,14,18)(H,15,19). The number of benzene rings is 1. The summed E-state index contributed by atoms with van der Waals surface area (Å²) in [7, 11) is 0. The third-order valence-electron chi connectivity index (χ3n) is 2.23. The van der Waals surface area contributed by atoms with E-state index in [1.165, 1.54) is 0 Å². The maximum Gasteiger partial charge on any atom is 0.286 e. The van der Waals surface area contributed by atoms with Crippen molar-refractivity contribution in [2.75, 3.05) is 11.9 Å². The van der Waals surface area contributed by atoms with Crippen molar-refractivity contribution in [1.82, 2.24) is 15.5 Å². The first-order valence-electron chi connectivity index (χ1n) is 5.78. The highest BCUT2D eigenvalue weighted by molar-refractivity contribution is 7.15. The second-order valence-corrected chi connectivity index (χ2v) is 5.15. The number of rotatable bonds is 4. The van der Waals surface area contributed by atoms with Gasteiger partial charge in [0.25, 0.3) is 11.8 Å². The van der Waals surface area contributed by atoms with Gasteiger partial charge in [-0.3, -0.25) is 9.59 Å². The first-order chi connectivity index (χ1) is 9.60. The molecule has 0 radical (unpaired) electrons. The largest absolute Gasteiger partial charge is 0.350 e. The molecule has 0 aliphatic heterocycles. The highest BCUT2D eigenvalue weighted by Crippen LogP contribution is 2.17. The lowest BCUT2D eigenvalue weighted by atomic mass is 10.3. The smallest absolute Gasteiger partial charge is 0.286 e. The Balaban J connectivity index is 2.08. The number of carbonyl (C=O) groups excluding carboxylic acids is 2. The minimum atomic E-state index is -0.430. The predicted molar refractivity (Wildman–Crippen MR) is 77.3 cm³/mol. The fraction of sp³-hybridized carbons (Fsp3) is 0.167. The molecule has 2 amide bonds. The van der Waals surface area contributed by atoms with E-state index in [9.17, 15) is 9.59 Å². The summed E-state index contributed by atoms with van der Waals surface area (Å²) < 4.78 is 0. The average Bonchev–Trinajstić information content (AvgIpc) is 2.88. The molecule has 1 aromatic heterocycles. The van der Waals surface area contributed by atoms with Gasteiger partial charge in [0.05, 0.1) is 0 Å².